The molecule has 146 valence electrons. The van der Waals surface area contributed by atoms with Crippen molar-refractivity contribution in [3.8, 4) is 0 Å². The van der Waals surface area contributed by atoms with E-state index in [2.05, 4.69) is 24.3 Å². The first-order valence-corrected chi connectivity index (χ1v) is 10.4. The van der Waals surface area contributed by atoms with Gasteiger partial charge in [0.15, 0.2) is 6.29 Å². The van der Waals surface area contributed by atoms with Gasteiger partial charge in [0, 0.05) is 19.8 Å². The van der Waals surface area contributed by atoms with Crippen molar-refractivity contribution in [2.24, 2.45) is 0 Å². The molecule has 0 amide bonds. The molecule has 1 saturated heterocycles. The maximum atomic E-state index is 5.93. The molecule has 4 heteroatoms. The van der Waals surface area contributed by atoms with Gasteiger partial charge in [0.2, 0.25) is 0 Å². The molecule has 1 saturated carbocycles. The van der Waals surface area contributed by atoms with E-state index < -0.39 is 0 Å². The minimum absolute atomic E-state index is 0.0581. The predicted molar refractivity (Wildman–Crippen MR) is 102 cm³/mol. The van der Waals surface area contributed by atoms with Crippen LogP contribution < -0.4 is 0 Å². The maximum absolute atomic E-state index is 5.93. The van der Waals surface area contributed by atoms with Gasteiger partial charge in [0.25, 0.3) is 0 Å². The van der Waals surface area contributed by atoms with Crippen LogP contribution in [0.2, 0.25) is 0 Å². The molecule has 1 aromatic carbocycles. The van der Waals surface area contributed by atoms with Crippen LogP contribution in [0.1, 0.15) is 63.4 Å². The van der Waals surface area contributed by atoms with Crippen LogP contribution in [0.4, 0.5) is 0 Å². The molecule has 4 nitrogen and oxygen atoms in total. The second-order valence-electron chi connectivity index (χ2n) is 7.46. The fourth-order valence-electron chi connectivity index (χ4n) is 3.44. The molecule has 0 bridgehead atoms. The third-order valence-electron chi connectivity index (χ3n) is 5.21. The second-order valence-corrected chi connectivity index (χ2v) is 7.46. The van der Waals surface area contributed by atoms with Gasteiger partial charge in [-0.1, -0.05) is 43.2 Å². The molecule has 2 fully saturated rings. The van der Waals surface area contributed by atoms with Gasteiger partial charge in [-0.05, 0) is 50.5 Å². The van der Waals surface area contributed by atoms with Gasteiger partial charge in [-0.25, -0.2) is 0 Å². The molecule has 0 spiro atoms. The van der Waals surface area contributed by atoms with Crippen LogP contribution in [-0.4, -0.2) is 38.3 Å². The van der Waals surface area contributed by atoms with Gasteiger partial charge in [-0.2, -0.15) is 0 Å². The quantitative estimate of drug-likeness (QED) is 0.498. The SMILES string of the molecule is c1ccc(COC2CC(OCCCCCCOC3CCCCO3)C2)cc1. The van der Waals surface area contributed by atoms with Crippen LogP contribution >= 0.6 is 0 Å². The lowest BCUT2D eigenvalue weighted by Gasteiger charge is -2.35. The summed E-state index contributed by atoms with van der Waals surface area (Å²) in [5.41, 5.74) is 1.25. The van der Waals surface area contributed by atoms with Gasteiger partial charge in [0.1, 0.15) is 0 Å². The third kappa shape index (κ3) is 7.36. The molecule has 0 radical (unpaired) electrons. The standard InChI is InChI=1S/C22H34O4/c1(2-8-14-24-22-12-6-9-15-25-22)7-13-23-20-16-21(17-20)26-18-19-10-4-3-5-11-19/h3-5,10-11,20-22H,1-2,6-9,12-18H2. The molecule has 1 unspecified atom stereocenters. The summed E-state index contributed by atoms with van der Waals surface area (Å²) in [7, 11) is 0. The Labute approximate surface area is 158 Å². The van der Waals surface area contributed by atoms with Crippen molar-refractivity contribution in [1.82, 2.24) is 0 Å². The van der Waals surface area contributed by atoms with Crippen LogP contribution in [0.3, 0.4) is 0 Å². The van der Waals surface area contributed by atoms with E-state index in [-0.39, 0.29) is 6.29 Å². The summed E-state index contributed by atoms with van der Waals surface area (Å²) in [6.45, 7) is 3.28. The third-order valence-corrected chi connectivity index (χ3v) is 5.21. The van der Waals surface area contributed by atoms with Crippen LogP contribution in [0.5, 0.6) is 0 Å². The van der Waals surface area contributed by atoms with E-state index in [1.165, 1.54) is 31.2 Å². The fraction of sp³-hybridized carbons (Fsp3) is 0.727. The molecule has 1 heterocycles. The van der Waals surface area contributed by atoms with Gasteiger partial charge in [-0.3, -0.25) is 0 Å². The minimum Gasteiger partial charge on any atom is -0.378 e. The Bertz CT molecular complexity index is 466. The highest BCUT2D eigenvalue weighted by molar-refractivity contribution is 5.13. The Kier molecular flexibility index (Phi) is 8.92. The maximum Gasteiger partial charge on any atom is 0.157 e. The first-order valence-electron chi connectivity index (χ1n) is 10.4. The predicted octanol–water partition coefficient (Wildman–Crippen LogP) is 4.85. The van der Waals surface area contributed by atoms with Crippen molar-refractivity contribution in [2.75, 3.05) is 19.8 Å². The van der Waals surface area contributed by atoms with Gasteiger partial charge in [0.05, 0.1) is 18.8 Å². The number of hydrogen-bond donors (Lipinski definition) is 0. The minimum atomic E-state index is 0.0581. The van der Waals surface area contributed by atoms with E-state index >= 15 is 0 Å². The molecule has 1 atom stereocenters. The summed E-state index contributed by atoms with van der Waals surface area (Å²) in [6.07, 6.45) is 11.1. The number of rotatable bonds is 12. The first-order chi connectivity index (χ1) is 12.9. The van der Waals surface area contributed by atoms with Crippen LogP contribution in [0.15, 0.2) is 30.3 Å². The molecule has 1 aromatic rings. The Balaban J connectivity index is 1.08. The van der Waals surface area contributed by atoms with E-state index in [1.54, 1.807) is 0 Å². The van der Waals surface area contributed by atoms with E-state index in [1.807, 2.05) is 6.07 Å². The van der Waals surface area contributed by atoms with E-state index in [4.69, 9.17) is 18.9 Å². The highest BCUT2D eigenvalue weighted by Gasteiger charge is 2.30. The largest absolute Gasteiger partial charge is 0.378 e. The van der Waals surface area contributed by atoms with Crippen LogP contribution in [-0.2, 0) is 25.6 Å². The summed E-state index contributed by atoms with van der Waals surface area (Å²) < 4.78 is 23.2. The van der Waals surface area contributed by atoms with Crippen molar-refractivity contribution in [3.63, 3.8) is 0 Å². The van der Waals surface area contributed by atoms with Crippen molar-refractivity contribution < 1.29 is 18.9 Å². The lowest BCUT2D eigenvalue weighted by Crippen LogP contribution is -2.37. The molecule has 2 aliphatic rings. The Morgan fingerprint density at radius 3 is 2.27 bits per heavy atom. The monoisotopic (exact) mass is 362 g/mol. The molecule has 3 rings (SSSR count). The zero-order chi connectivity index (χ0) is 17.9. The van der Waals surface area contributed by atoms with E-state index in [0.29, 0.717) is 18.8 Å². The van der Waals surface area contributed by atoms with Gasteiger partial charge < -0.3 is 18.9 Å². The second kappa shape index (κ2) is 11.7. The molecule has 26 heavy (non-hydrogen) atoms. The zero-order valence-electron chi connectivity index (χ0n) is 15.9. The van der Waals surface area contributed by atoms with Gasteiger partial charge in [-0.15, -0.1) is 0 Å². The first kappa shape index (κ1) is 19.8. The van der Waals surface area contributed by atoms with E-state index in [9.17, 15) is 0 Å². The summed E-state index contributed by atoms with van der Waals surface area (Å²) in [4.78, 5) is 0. The number of unbranched alkanes of at least 4 members (excludes halogenated alkanes) is 3. The molecule has 1 aliphatic heterocycles. The van der Waals surface area contributed by atoms with Crippen molar-refractivity contribution in [2.45, 2.75) is 82.9 Å². The number of hydrogen-bond acceptors (Lipinski definition) is 4. The number of ether oxygens (including phenoxy) is 4. The molecular formula is C22H34O4. The smallest absolute Gasteiger partial charge is 0.157 e. The topological polar surface area (TPSA) is 36.9 Å². The van der Waals surface area contributed by atoms with Crippen molar-refractivity contribution in [3.05, 3.63) is 35.9 Å². The van der Waals surface area contributed by atoms with E-state index in [0.717, 1.165) is 51.9 Å². The van der Waals surface area contributed by atoms with Crippen LogP contribution in [0, 0.1) is 0 Å². The molecule has 0 N–H and O–H groups in total. The summed E-state index contributed by atoms with van der Waals surface area (Å²) in [5.74, 6) is 0. The average molecular weight is 363 g/mol. The molecule has 0 aromatic heterocycles. The highest BCUT2D eigenvalue weighted by Crippen LogP contribution is 2.27. The average Bonchev–Trinajstić information content (AvgIpc) is 2.66. The zero-order valence-corrected chi connectivity index (χ0v) is 15.9. The molecular weight excluding hydrogens is 328 g/mol. The Morgan fingerprint density at radius 2 is 1.54 bits per heavy atom. The highest BCUT2D eigenvalue weighted by atomic mass is 16.7. The summed E-state index contributed by atoms with van der Waals surface area (Å²) in [5, 5.41) is 0. The molecule has 1 aliphatic carbocycles. The van der Waals surface area contributed by atoms with Crippen molar-refractivity contribution >= 4 is 0 Å². The Morgan fingerprint density at radius 1 is 0.808 bits per heavy atom. The van der Waals surface area contributed by atoms with Crippen molar-refractivity contribution in [1.29, 1.82) is 0 Å². The lowest BCUT2D eigenvalue weighted by molar-refractivity contribution is -0.162. The summed E-state index contributed by atoms with van der Waals surface area (Å²) >= 11 is 0. The number of benzene rings is 1. The normalized spacial score (nSPS) is 25.8. The van der Waals surface area contributed by atoms with Gasteiger partial charge >= 0.3 is 0 Å². The lowest BCUT2D eigenvalue weighted by atomic mass is 9.92. The summed E-state index contributed by atoms with van der Waals surface area (Å²) in [6, 6.07) is 10.4. The fourth-order valence-corrected chi connectivity index (χ4v) is 3.44. The Hall–Kier alpha value is -0.940. The van der Waals surface area contributed by atoms with Crippen LogP contribution in [0.25, 0.3) is 0 Å².